The summed E-state index contributed by atoms with van der Waals surface area (Å²) in [6.07, 6.45) is 1.85. The zero-order valence-electron chi connectivity index (χ0n) is 7.07. The van der Waals surface area contributed by atoms with Crippen LogP contribution in [0.5, 0.6) is 0 Å². The molecule has 2 aromatic rings. The topological polar surface area (TPSA) is 25.2 Å². The minimum atomic E-state index is -0.228. The lowest BCUT2D eigenvalue weighted by molar-refractivity contribution is 0.278. The van der Waals surface area contributed by atoms with E-state index in [1.54, 1.807) is 6.07 Å². The van der Waals surface area contributed by atoms with E-state index in [2.05, 4.69) is 0 Å². The van der Waals surface area contributed by atoms with Crippen LogP contribution in [0, 0.1) is 5.82 Å². The lowest BCUT2D eigenvalue weighted by Gasteiger charge is -2.01. The van der Waals surface area contributed by atoms with E-state index in [1.807, 2.05) is 16.8 Å². The zero-order valence-corrected chi connectivity index (χ0v) is 7.07. The molecule has 2 rings (SSSR count). The van der Waals surface area contributed by atoms with E-state index in [4.69, 9.17) is 5.11 Å². The highest BCUT2D eigenvalue weighted by Gasteiger charge is 2.00. The molecule has 0 unspecified atom stereocenters. The lowest BCUT2D eigenvalue weighted by atomic mass is 10.2. The summed E-state index contributed by atoms with van der Waals surface area (Å²) in [5, 5.41) is 9.63. The third kappa shape index (κ3) is 1.42. The van der Waals surface area contributed by atoms with Gasteiger partial charge in [0.25, 0.3) is 0 Å². The van der Waals surface area contributed by atoms with Crippen molar-refractivity contribution in [3.05, 3.63) is 36.3 Å². The second-order valence-corrected chi connectivity index (χ2v) is 2.94. The maximum atomic E-state index is 12.8. The number of hydrogen-bond donors (Lipinski definition) is 1. The third-order valence-electron chi connectivity index (χ3n) is 2.07. The molecule has 2 nitrogen and oxygen atoms in total. The predicted octanol–water partition coefficient (Wildman–Crippen LogP) is 1.77. The Kier molecular flexibility index (Phi) is 2.02. The van der Waals surface area contributed by atoms with E-state index >= 15 is 0 Å². The number of aromatic nitrogens is 1. The van der Waals surface area contributed by atoms with Gasteiger partial charge in [0.15, 0.2) is 0 Å². The van der Waals surface area contributed by atoms with Gasteiger partial charge < -0.3 is 9.67 Å². The molecule has 13 heavy (non-hydrogen) atoms. The van der Waals surface area contributed by atoms with Gasteiger partial charge in [0.05, 0.1) is 6.61 Å². The average Bonchev–Trinajstić information content (AvgIpc) is 2.49. The van der Waals surface area contributed by atoms with Crippen molar-refractivity contribution in [3.63, 3.8) is 0 Å². The zero-order chi connectivity index (χ0) is 9.26. The molecule has 0 amide bonds. The normalized spacial score (nSPS) is 10.9. The number of fused-ring (bicyclic) bond motifs is 1. The summed E-state index contributed by atoms with van der Waals surface area (Å²) in [4.78, 5) is 0. The number of aliphatic hydroxyl groups is 1. The van der Waals surface area contributed by atoms with Gasteiger partial charge in [-0.3, -0.25) is 0 Å². The van der Waals surface area contributed by atoms with Gasteiger partial charge in [-0.25, -0.2) is 4.39 Å². The molecule has 1 N–H and O–H groups in total. The number of hydrogen-bond acceptors (Lipinski definition) is 1. The molecule has 3 heteroatoms. The fraction of sp³-hybridized carbons (Fsp3) is 0.200. The summed E-state index contributed by atoms with van der Waals surface area (Å²) in [6, 6.07) is 6.48. The molecular weight excluding hydrogens is 169 g/mol. The van der Waals surface area contributed by atoms with Crippen molar-refractivity contribution in [2.45, 2.75) is 6.54 Å². The average molecular weight is 179 g/mol. The monoisotopic (exact) mass is 179 g/mol. The quantitative estimate of drug-likeness (QED) is 0.746. The number of benzene rings is 1. The van der Waals surface area contributed by atoms with Crippen molar-refractivity contribution >= 4 is 10.9 Å². The van der Waals surface area contributed by atoms with Crippen molar-refractivity contribution in [3.8, 4) is 0 Å². The number of nitrogens with zero attached hydrogens (tertiary/aromatic N) is 1. The Morgan fingerprint density at radius 3 is 2.92 bits per heavy atom. The van der Waals surface area contributed by atoms with Gasteiger partial charge >= 0.3 is 0 Å². The van der Waals surface area contributed by atoms with Crippen molar-refractivity contribution in [1.29, 1.82) is 0 Å². The van der Waals surface area contributed by atoms with Gasteiger partial charge in [-0.2, -0.15) is 0 Å². The molecule has 0 aliphatic rings. The predicted molar refractivity (Wildman–Crippen MR) is 49.0 cm³/mol. The summed E-state index contributed by atoms with van der Waals surface area (Å²) in [5.41, 5.74) is 0.954. The Morgan fingerprint density at radius 1 is 1.31 bits per heavy atom. The number of aliphatic hydroxyl groups excluding tert-OH is 1. The molecule has 68 valence electrons. The summed E-state index contributed by atoms with van der Waals surface area (Å²) in [7, 11) is 0. The molecule has 0 fully saturated rings. The number of rotatable bonds is 2. The molecule has 0 bridgehead atoms. The third-order valence-corrected chi connectivity index (χ3v) is 2.07. The summed E-state index contributed by atoms with van der Waals surface area (Å²) < 4.78 is 14.7. The standard InChI is InChI=1S/C10H10FNO/c11-9-1-2-10-8(7-9)3-4-12(10)5-6-13/h1-4,7,13H,5-6H2. The van der Waals surface area contributed by atoms with Crippen LogP contribution in [0.4, 0.5) is 4.39 Å². The molecule has 0 spiro atoms. The van der Waals surface area contributed by atoms with E-state index < -0.39 is 0 Å². The largest absolute Gasteiger partial charge is 0.395 e. The van der Waals surface area contributed by atoms with Crippen LogP contribution in [-0.2, 0) is 6.54 Å². The highest BCUT2D eigenvalue weighted by molar-refractivity contribution is 5.80. The lowest BCUT2D eigenvalue weighted by Crippen LogP contribution is -1.99. The Balaban J connectivity index is 2.55. The minimum Gasteiger partial charge on any atom is -0.395 e. The Hall–Kier alpha value is -1.35. The van der Waals surface area contributed by atoms with Gasteiger partial charge in [0.2, 0.25) is 0 Å². The Bertz CT molecular complexity index is 422. The van der Waals surface area contributed by atoms with Crippen LogP contribution < -0.4 is 0 Å². The van der Waals surface area contributed by atoms with Crippen LogP contribution in [0.1, 0.15) is 0 Å². The molecule has 0 aliphatic heterocycles. The maximum Gasteiger partial charge on any atom is 0.123 e. The minimum absolute atomic E-state index is 0.0984. The molecule has 0 aliphatic carbocycles. The van der Waals surface area contributed by atoms with E-state index in [0.29, 0.717) is 6.54 Å². The fourth-order valence-electron chi connectivity index (χ4n) is 1.47. The first kappa shape index (κ1) is 8.26. The van der Waals surface area contributed by atoms with Crippen LogP contribution in [0.15, 0.2) is 30.5 Å². The second-order valence-electron chi connectivity index (χ2n) is 2.94. The molecular formula is C10H10FNO. The van der Waals surface area contributed by atoms with Crippen molar-refractivity contribution in [2.75, 3.05) is 6.61 Å². The first-order chi connectivity index (χ1) is 6.31. The summed E-state index contributed by atoms with van der Waals surface area (Å²) in [5.74, 6) is -0.228. The van der Waals surface area contributed by atoms with E-state index in [9.17, 15) is 4.39 Å². The van der Waals surface area contributed by atoms with Gasteiger partial charge in [0, 0.05) is 23.6 Å². The van der Waals surface area contributed by atoms with Crippen LogP contribution >= 0.6 is 0 Å². The molecule has 1 aromatic heterocycles. The summed E-state index contributed by atoms with van der Waals surface area (Å²) in [6.45, 7) is 0.649. The van der Waals surface area contributed by atoms with Crippen molar-refractivity contribution < 1.29 is 9.50 Å². The Labute approximate surface area is 75.2 Å². The first-order valence-corrected chi connectivity index (χ1v) is 4.16. The maximum absolute atomic E-state index is 12.8. The van der Waals surface area contributed by atoms with E-state index in [-0.39, 0.29) is 12.4 Å². The van der Waals surface area contributed by atoms with Gasteiger partial charge in [-0.1, -0.05) is 0 Å². The molecule has 1 aromatic carbocycles. The SMILES string of the molecule is OCCn1ccc2cc(F)ccc21. The number of halogens is 1. The van der Waals surface area contributed by atoms with Crippen molar-refractivity contribution in [2.24, 2.45) is 0 Å². The highest BCUT2D eigenvalue weighted by Crippen LogP contribution is 2.16. The summed E-state index contributed by atoms with van der Waals surface area (Å²) >= 11 is 0. The molecule has 0 radical (unpaired) electrons. The fourth-order valence-corrected chi connectivity index (χ4v) is 1.47. The molecule has 0 atom stereocenters. The molecule has 0 saturated heterocycles. The van der Waals surface area contributed by atoms with Crippen LogP contribution in [-0.4, -0.2) is 16.3 Å². The van der Waals surface area contributed by atoms with Crippen molar-refractivity contribution in [1.82, 2.24) is 4.57 Å². The van der Waals surface area contributed by atoms with E-state index in [1.165, 1.54) is 12.1 Å². The smallest absolute Gasteiger partial charge is 0.123 e. The molecule has 1 heterocycles. The van der Waals surface area contributed by atoms with Crippen LogP contribution in [0.25, 0.3) is 10.9 Å². The Morgan fingerprint density at radius 2 is 2.15 bits per heavy atom. The van der Waals surface area contributed by atoms with Crippen LogP contribution in [0.2, 0.25) is 0 Å². The second kappa shape index (κ2) is 3.18. The molecule has 0 saturated carbocycles. The van der Waals surface area contributed by atoms with E-state index in [0.717, 1.165) is 10.9 Å². The first-order valence-electron chi connectivity index (χ1n) is 4.16. The van der Waals surface area contributed by atoms with Gasteiger partial charge in [0.1, 0.15) is 5.82 Å². The van der Waals surface area contributed by atoms with Gasteiger partial charge in [-0.15, -0.1) is 0 Å². The van der Waals surface area contributed by atoms with Gasteiger partial charge in [-0.05, 0) is 24.3 Å². The van der Waals surface area contributed by atoms with Crippen LogP contribution in [0.3, 0.4) is 0 Å². The highest BCUT2D eigenvalue weighted by atomic mass is 19.1.